The predicted octanol–water partition coefficient (Wildman–Crippen LogP) is 5.98. The predicted molar refractivity (Wildman–Crippen MR) is 108 cm³/mol. The summed E-state index contributed by atoms with van der Waals surface area (Å²) < 4.78 is 0. The Kier molecular flexibility index (Phi) is 4.66. The molecule has 0 N–H and O–H groups in total. The molecular formula is C24H18N2. The maximum absolute atomic E-state index is 4.48. The van der Waals surface area contributed by atoms with Crippen LogP contribution in [0.4, 0.5) is 0 Å². The number of pyridine rings is 2. The van der Waals surface area contributed by atoms with Crippen LogP contribution in [0.5, 0.6) is 0 Å². The van der Waals surface area contributed by atoms with Gasteiger partial charge in [-0.15, -0.1) is 0 Å². The van der Waals surface area contributed by atoms with Gasteiger partial charge in [0.25, 0.3) is 0 Å². The number of hydrogen-bond acceptors (Lipinski definition) is 2. The Morgan fingerprint density at radius 3 is 2.08 bits per heavy atom. The molecule has 0 saturated heterocycles. The van der Waals surface area contributed by atoms with E-state index in [4.69, 9.17) is 0 Å². The van der Waals surface area contributed by atoms with Gasteiger partial charge in [-0.2, -0.15) is 0 Å². The van der Waals surface area contributed by atoms with Crippen molar-refractivity contribution < 1.29 is 0 Å². The van der Waals surface area contributed by atoms with E-state index in [9.17, 15) is 0 Å². The van der Waals surface area contributed by atoms with Crippen LogP contribution in [-0.2, 0) is 0 Å². The molecule has 0 aliphatic carbocycles. The van der Waals surface area contributed by atoms with Crippen molar-refractivity contribution in [3.8, 4) is 22.5 Å². The van der Waals surface area contributed by atoms with Gasteiger partial charge >= 0.3 is 0 Å². The zero-order valence-corrected chi connectivity index (χ0v) is 14.3. The second-order valence-electron chi connectivity index (χ2n) is 5.98. The molecule has 0 aliphatic heterocycles. The standard InChI is InChI=1S/C24H18N2/c1-2-11-22(24-13-4-6-17-26-24)20(9-1)15-14-19-8-7-10-21(18-19)23-12-3-5-16-25-23/h1-18H. The van der Waals surface area contributed by atoms with Crippen molar-refractivity contribution >= 4 is 12.2 Å². The third-order valence-electron chi connectivity index (χ3n) is 4.20. The first-order valence-corrected chi connectivity index (χ1v) is 8.60. The molecule has 4 aromatic rings. The second kappa shape index (κ2) is 7.58. The van der Waals surface area contributed by atoms with Gasteiger partial charge in [0.05, 0.1) is 11.4 Å². The lowest BCUT2D eigenvalue weighted by molar-refractivity contribution is 1.32. The van der Waals surface area contributed by atoms with Crippen molar-refractivity contribution in [2.24, 2.45) is 0 Å². The molecule has 2 heteroatoms. The topological polar surface area (TPSA) is 25.8 Å². The lowest BCUT2D eigenvalue weighted by Crippen LogP contribution is -1.86. The second-order valence-corrected chi connectivity index (χ2v) is 5.98. The van der Waals surface area contributed by atoms with Crippen LogP contribution in [0.1, 0.15) is 11.1 Å². The van der Waals surface area contributed by atoms with Crippen molar-refractivity contribution in [3.63, 3.8) is 0 Å². The van der Waals surface area contributed by atoms with Gasteiger partial charge < -0.3 is 0 Å². The van der Waals surface area contributed by atoms with Crippen LogP contribution < -0.4 is 0 Å². The maximum Gasteiger partial charge on any atom is 0.0707 e. The van der Waals surface area contributed by atoms with E-state index in [1.54, 1.807) is 0 Å². The summed E-state index contributed by atoms with van der Waals surface area (Å²) in [6.07, 6.45) is 7.92. The highest BCUT2D eigenvalue weighted by Gasteiger charge is 2.03. The molecule has 0 fully saturated rings. The molecule has 2 nitrogen and oxygen atoms in total. The van der Waals surface area contributed by atoms with Gasteiger partial charge in [0.15, 0.2) is 0 Å². The van der Waals surface area contributed by atoms with Crippen molar-refractivity contribution in [2.75, 3.05) is 0 Å². The van der Waals surface area contributed by atoms with Crippen LogP contribution in [-0.4, -0.2) is 9.97 Å². The van der Waals surface area contributed by atoms with Crippen molar-refractivity contribution in [3.05, 3.63) is 108 Å². The van der Waals surface area contributed by atoms with E-state index >= 15 is 0 Å². The molecule has 26 heavy (non-hydrogen) atoms. The van der Waals surface area contributed by atoms with Crippen molar-refractivity contribution in [1.82, 2.24) is 9.97 Å². The van der Waals surface area contributed by atoms with Crippen LogP contribution in [0, 0.1) is 0 Å². The Balaban J connectivity index is 1.66. The summed E-state index contributed by atoms with van der Waals surface area (Å²) >= 11 is 0. The summed E-state index contributed by atoms with van der Waals surface area (Å²) in [5, 5.41) is 0. The average molecular weight is 334 g/mol. The Morgan fingerprint density at radius 2 is 1.31 bits per heavy atom. The first kappa shape index (κ1) is 16.0. The SMILES string of the molecule is C(=Cc1ccccc1-c1ccccn1)c1cccc(-c2ccccn2)c1. The maximum atomic E-state index is 4.48. The van der Waals surface area contributed by atoms with Crippen LogP contribution in [0.2, 0.25) is 0 Å². The average Bonchev–Trinajstić information content (AvgIpc) is 2.74. The molecule has 2 aromatic heterocycles. The fourth-order valence-electron chi connectivity index (χ4n) is 2.92. The summed E-state index contributed by atoms with van der Waals surface area (Å²) in [4.78, 5) is 8.91. The summed E-state index contributed by atoms with van der Waals surface area (Å²) in [6, 6.07) is 28.7. The first-order chi connectivity index (χ1) is 12.9. The van der Waals surface area contributed by atoms with Crippen LogP contribution in [0.3, 0.4) is 0 Å². The molecule has 0 aliphatic rings. The normalized spacial score (nSPS) is 10.9. The number of aromatic nitrogens is 2. The van der Waals surface area contributed by atoms with E-state index in [-0.39, 0.29) is 0 Å². The quantitative estimate of drug-likeness (QED) is 0.429. The Labute approximate surface area is 153 Å². The molecule has 2 aromatic carbocycles. The highest BCUT2D eigenvalue weighted by Crippen LogP contribution is 2.24. The third kappa shape index (κ3) is 3.60. The molecular weight excluding hydrogens is 316 g/mol. The van der Waals surface area contributed by atoms with Crippen LogP contribution in [0.25, 0.3) is 34.7 Å². The molecule has 4 rings (SSSR count). The summed E-state index contributed by atoms with van der Waals surface area (Å²) in [5.74, 6) is 0. The van der Waals surface area contributed by atoms with Crippen LogP contribution >= 0.6 is 0 Å². The molecule has 0 amide bonds. The minimum absolute atomic E-state index is 0.981. The van der Waals surface area contributed by atoms with E-state index in [1.165, 1.54) is 0 Å². The lowest BCUT2D eigenvalue weighted by atomic mass is 10.0. The third-order valence-corrected chi connectivity index (χ3v) is 4.20. The Morgan fingerprint density at radius 1 is 0.577 bits per heavy atom. The molecule has 2 heterocycles. The van der Waals surface area contributed by atoms with Gasteiger partial charge in [-0.1, -0.05) is 66.7 Å². The number of nitrogens with zero attached hydrogens (tertiary/aromatic N) is 2. The smallest absolute Gasteiger partial charge is 0.0707 e. The monoisotopic (exact) mass is 334 g/mol. The molecule has 0 bridgehead atoms. The van der Waals surface area contributed by atoms with Gasteiger partial charge in [-0.05, 0) is 41.5 Å². The highest BCUT2D eigenvalue weighted by atomic mass is 14.7. The van der Waals surface area contributed by atoms with Gasteiger partial charge in [0, 0.05) is 23.5 Å². The van der Waals surface area contributed by atoms with E-state index in [0.717, 1.165) is 33.6 Å². The van der Waals surface area contributed by atoms with Gasteiger partial charge in [-0.3, -0.25) is 9.97 Å². The van der Waals surface area contributed by atoms with E-state index < -0.39 is 0 Å². The zero-order valence-electron chi connectivity index (χ0n) is 14.3. The largest absolute Gasteiger partial charge is 0.256 e. The van der Waals surface area contributed by atoms with Gasteiger partial charge in [0.1, 0.15) is 0 Å². The van der Waals surface area contributed by atoms with Gasteiger partial charge in [-0.25, -0.2) is 0 Å². The van der Waals surface area contributed by atoms with Crippen molar-refractivity contribution in [2.45, 2.75) is 0 Å². The lowest BCUT2D eigenvalue weighted by Gasteiger charge is -2.05. The number of rotatable bonds is 4. The number of benzene rings is 2. The molecule has 0 unspecified atom stereocenters. The van der Waals surface area contributed by atoms with Crippen molar-refractivity contribution in [1.29, 1.82) is 0 Å². The first-order valence-electron chi connectivity index (χ1n) is 8.60. The fraction of sp³-hybridized carbons (Fsp3) is 0. The molecule has 124 valence electrons. The summed E-state index contributed by atoms with van der Waals surface area (Å²) in [5.41, 5.74) is 6.50. The van der Waals surface area contributed by atoms with E-state index in [0.29, 0.717) is 0 Å². The zero-order chi connectivity index (χ0) is 17.6. The van der Waals surface area contributed by atoms with Crippen LogP contribution in [0.15, 0.2) is 97.3 Å². The van der Waals surface area contributed by atoms with Gasteiger partial charge in [0.2, 0.25) is 0 Å². The number of hydrogen-bond donors (Lipinski definition) is 0. The van der Waals surface area contributed by atoms with E-state index in [1.807, 2.05) is 54.9 Å². The Bertz CT molecular complexity index is 1020. The minimum atomic E-state index is 0.981. The highest BCUT2D eigenvalue weighted by molar-refractivity contribution is 5.80. The molecule has 0 radical (unpaired) electrons. The summed E-state index contributed by atoms with van der Waals surface area (Å²) in [6.45, 7) is 0. The molecule has 0 saturated carbocycles. The molecule has 0 spiro atoms. The Hall–Kier alpha value is -3.52. The minimum Gasteiger partial charge on any atom is -0.256 e. The fourth-order valence-corrected chi connectivity index (χ4v) is 2.92. The summed E-state index contributed by atoms with van der Waals surface area (Å²) in [7, 11) is 0. The molecule has 0 atom stereocenters. The van der Waals surface area contributed by atoms with E-state index in [2.05, 4.69) is 64.6 Å².